The number of benzene rings is 1. The van der Waals surface area contributed by atoms with Crippen molar-refractivity contribution in [1.82, 2.24) is 14.6 Å². The number of nitrogens with zero attached hydrogens (tertiary/aromatic N) is 2. The summed E-state index contributed by atoms with van der Waals surface area (Å²) in [5.74, 6) is -1.03. The third kappa shape index (κ3) is 5.43. The minimum absolute atomic E-state index is 0.0152. The maximum atomic E-state index is 12.8. The summed E-state index contributed by atoms with van der Waals surface area (Å²) in [6.07, 6.45) is 4.57. The summed E-state index contributed by atoms with van der Waals surface area (Å²) >= 11 is 0. The van der Waals surface area contributed by atoms with E-state index in [9.17, 15) is 18.0 Å². The fourth-order valence-electron chi connectivity index (χ4n) is 3.40. The summed E-state index contributed by atoms with van der Waals surface area (Å²) in [6, 6.07) is 10.4. The fraction of sp³-hybridized carbons (Fsp3) is 0.381. The van der Waals surface area contributed by atoms with E-state index >= 15 is 0 Å². The van der Waals surface area contributed by atoms with Gasteiger partial charge in [-0.25, -0.2) is 12.7 Å². The second-order valence-electron chi connectivity index (χ2n) is 7.18. The molecule has 1 aromatic heterocycles. The first-order valence-electron chi connectivity index (χ1n) is 9.95. The molecule has 2 N–H and O–H groups in total. The van der Waals surface area contributed by atoms with Crippen LogP contribution in [-0.2, 0) is 21.4 Å². The van der Waals surface area contributed by atoms with Crippen molar-refractivity contribution >= 4 is 27.5 Å². The second kappa shape index (κ2) is 9.82. The van der Waals surface area contributed by atoms with E-state index < -0.39 is 15.9 Å². The summed E-state index contributed by atoms with van der Waals surface area (Å²) in [6.45, 7) is 2.52. The Bertz CT molecular complexity index is 995. The molecule has 3 rings (SSSR count). The van der Waals surface area contributed by atoms with E-state index in [0.717, 1.165) is 5.56 Å². The van der Waals surface area contributed by atoms with Crippen LogP contribution in [0.2, 0.25) is 0 Å². The van der Waals surface area contributed by atoms with E-state index in [0.29, 0.717) is 37.2 Å². The third-order valence-corrected chi connectivity index (χ3v) is 6.97. The zero-order valence-electron chi connectivity index (χ0n) is 16.9. The molecule has 1 atom stereocenters. The van der Waals surface area contributed by atoms with Crippen molar-refractivity contribution in [3.05, 3.63) is 59.9 Å². The average molecular weight is 431 g/mol. The summed E-state index contributed by atoms with van der Waals surface area (Å²) in [4.78, 5) is 29.5. The van der Waals surface area contributed by atoms with Gasteiger partial charge < -0.3 is 10.6 Å². The number of carbonyl (C=O) groups is 2. The highest BCUT2D eigenvalue weighted by Crippen LogP contribution is 2.22. The molecule has 0 aliphatic carbocycles. The van der Waals surface area contributed by atoms with E-state index in [2.05, 4.69) is 15.6 Å². The topological polar surface area (TPSA) is 108 Å². The van der Waals surface area contributed by atoms with E-state index in [4.69, 9.17) is 0 Å². The summed E-state index contributed by atoms with van der Waals surface area (Å²) < 4.78 is 25.7. The molecule has 1 aromatic carbocycles. The molecular formula is C21H26N4O4S. The molecule has 2 heterocycles. The molecule has 1 aliphatic rings. The Kier molecular flexibility index (Phi) is 7.17. The number of para-hydroxylation sites is 1. The van der Waals surface area contributed by atoms with Crippen LogP contribution in [0.4, 0.5) is 5.69 Å². The van der Waals surface area contributed by atoms with Crippen molar-refractivity contribution < 1.29 is 18.0 Å². The number of sulfonamides is 1. The number of anilines is 1. The highest BCUT2D eigenvalue weighted by molar-refractivity contribution is 7.89. The quantitative estimate of drug-likeness (QED) is 0.699. The van der Waals surface area contributed by atoms with Gasteiger partial charge in [0.1, 0.15) is 0 Å². The van der Waals surface area contributed by atoms with E-state index in [1.54, 1.807) is 49.6 Å². The van der Waals surface area contributed by atoms with Crippen molar-refractivity contribution in [1.29, 1.82) is 0 Å². The van der Waals surface area contributed by atoms with Gasteiger partial charge in [0.15, 0.2) is 0 Å². The number of hydrogen-bond donors (Lipinski definition) is 2. The van der Waals surface area contributed by atoms with Crippen LogP contribution in [0, 0.1) is 5.92 Å². The van der Waals surface area contributed by atoms with Crippen LogP contribution in [0.3, 0.4) is 0 Å². The van der Waals surface area contributed by atoms with Crippen molar-refractivity contribution in [2.24, 2.45) is 5.92 Å². The summed E-state index contributed by atoms with van der Waals surface area (Å²) in [5.41, 5.74) is 1.62. The van der Waals surface area contributed by atoms with Crippen LogP contribution in [0.25, 0.3) is 0 Å². The first kappa shape index (κ1) is 21.9. The van der Waals surface area contributed by atoms with Crippen LogP contribution >= 0.6 is 0 Å². The predicted octanol–water partition coefficient (Wildman–Crippen LogP) is 2.01. The van der Waals surface area contributed by atoms with E-state index in [-0.39, 0.29) is 24.1 Å². The zero-order valence-corrected chi connectivity index (χ0v) is 17.7. The smallest absolute Gasteiger partial charge is 0.253 e. The molecule has 2 amide bonds. The Morgan fingerprint density at radius 1 is 1.20 bits per heavy atom. The SMILES string of the molecule is CCS(=O)(=O)N1CCC[C@@H](C(=O)Nc2ccccc2C(=O)NCc2cccnc2)C1. The first-order valence-corrected chi connectivity index (χ1v) is 11.6. The number of piperidine rings is 1. The Morgan fingerprint density at radius 3 is 2.73 bits per heavy atom. The molecule has 1 saturated heterocycles. The Hall–Kier alpha value is -2.78. The van der Waals surface area contributed by atoms with Crippen molar-refractivity contribution in [3.8, 4) is 0 Å². The molecule has 30 heavy (non-hydrogen) atoms. The number of nitrogens with one attached hydrogen (secondary N) is 2. The molecule has 1 aliphatic heterocycles. The number of carbonyl (C=O) groups excluding carboxylic acids is 2. The lowest BCUT2D eigenvalue weighted by Gasteiger charge is -2.31. The zero-order chi connectivity index (χ0) is 21.6. The van der Waals surface area contributed by atoms with E-state index in [1.807, 2.05) is 6.07 Å². The summed E-state index contributed by atoms with van der Waals surface area (Å²) in [7, 11) is -3.33. The van der Waals surface area contributed by atoms with Crippen molar-refractivity contribution in [3.63, 3.8) is 0 Å². The fourth-order valence-corrected chi connectivity index (χ4v) is 4.58. The lowest BCUT2D eigenvalue weighted by molar-refractivity contribution is -0.120. The predicted molar refractivity (Wildman–Crippen MR) is 114 cm³/mol. The molecule has 0 radical (unpaired) electrons. The van der Waals surface area contributed by atoms with Gasteiger partial charge in [0.25, 0.3) is 5.91 Å². The Labute approximate surface area is 176 Å². The van der Waals surface area contributed by atoms with Gasteiger partial charge in [0, 0.05) is 32.0 Å². The first-order chi connectivity index (χ1) is 14.4. The van der Waals surface area contributed by atoms with Gasteiger partial charge in [0.05, 0.1) is 22.9 Å². The number of rotatable bonds is 7. The molecule has 1 fully saturated rings. The Morgan fingerprint density at radius 2 is 2.00 bits per heavy atom. The Balaban J connectivity index is 1.66. The molecule has 0 unspecified atom stereocenters. The van der Waals surface area contributed by atoms with Gasteiger partial charge in [-0.3, -0.25) is 14.6 Å². The van der Waals surface area contributed by atoms with Crippen LogP contribution in [0.1, 0.15) is 35.7 Å². The molecule has 0 bridgehead atoms. The summed E-state index contributed by atoms with van der Waals surface area (Å²) in [5, 5.41) is 5.64. The standard InChI is InChI=1S/C21H26N4O4S/c1-2-30(28,29)25-12-6-8-17(15-25)20(26)24-19-10-4-3-9-18(19)21(27)23-14-16-7-5-11-22-13-16/h3-5,7,9-11,13,17H,2,6,8,12,14-15H2,1H3,(H,23,27)(H,24,26)/t17-/m1/s1. The minimum atomic E-state index is -3.33. The highest BCUT2D eigenvalue weighted by atomic mass is 32.2. The van der Waals surface area contributed by atoms with Crippen molar-refractivity contribution in [2.75, 3.05) is 24.2 Å². The lowest BCUT2D eigenvalue weighted by atomic mass is 9.98. The molecule has 160 valence electrons. The van der Waals surface area contributed by atoms with Crippen LogP contribution in [0.15, 0.2) is 48.8 Å². The number of aromatic nitrogens is 1. The third-order valence-electron chi connectivity index (χ3n) is 5.12. The molecule has 0 saturated carbocycles. The molecule has 9 heteroatoms. The van der Waals surface area contributed by atoms with Crippen LogP contribution < -0.4 is 10.6 Å². The largest absolute Gasteiger partial charge is 0.348 e. The number of hydrogen-bond acceptors (Lipinski definition) is 5. The number of pyridine rings is 1. The highest BCUT2D eigenvalue weighted by Gasteiger charge is 2.31. The molecular weight excluding hydrogens is 404 g/mol. The minimum Gasteiger partial charge on any atom is -0.348 e. The second-order valence-corrected chi connectivity index (χ2v) is 9.43. The van der Waals surface area contributed by atoms with Gasteiger partial charge in [-0.2, -0.15) is 0 Å². The lowest BCUT2D eigenvalue weighted by Crippen LogP contribution is -2.44. The van der Waals surface area contributed by atoms with Crippen LogP contribution in [0.5, 0.6) is 0 Å². The average Bonchev–Trinajstić information content (AvgIpc) is 2.78. The monoisotopic (exact) mass is 430 g/mol. The maximum Gasteiger partial charge on any atom is 0.253 e. The number of amides is 2. The maximum absolute atomic E-state index is 12.8. The molecule has 8 nitrogen and oxygen atoms in total. The van der Waals surface area contributed by atoms with Gasteiger partial charge in [0.2, 0.25) is 15.9 Å². The van der Waals surface area contributed by atoms with E-state index in [1.165, 1.54) is 4.31 Å². The van der Waals surface area contributed by atoms with Gasteiger partial charge >= 0.3 is 0 Å². The van der Waals surface area contributed by atoms with Gasteiger partial charge in [-0.15, -0.1) is 0 Å². The normalized spacial score (nSPS) is 17.3. The van der Waals surface area contributed by atoms with Gasteiger partial charge in [-0.05, 0) is 43.5 Å². The van der Waals surface area contributed by atoms with Gasteiger partial charge in [-0.1, -0.05) is 18.2 Å². The molecule has 0 spiro atoms. The van der Waals surface area contributed by atoms with Crippen LogP contribution in [-0.4, -0.2) is 48.4 Å². The van der Waals surface area contributed by atoms with Crippen molar-refractivity contribution in [2.45, 2.75) is 26.3 Å². The molecule has 2 aromatic rings.